The summed E-state index contributed by atoms with van der Waals surface area (Å²) in [5.41, 5.74) is 7.08. The standard InChI is InChI=1S/C23H14ClFN2O3/c24-18-7-3-1-5-14(18)23(28)29-13-9-10-16-20(11-13)30-22(27)17(12-26)21(16)15-6-2-4-8-19(15)25/h1-11,21H,27H2. The van der Waals surface area contributed by atoms with Crippen molar-refractivity contribution in [1.82, 2.24) is 0 Å². The van der Waals surface area contributed by atoms with Crippen LogP contribution in [-0.2, 0) is 0 Å². The van der Waals surface area contributed by atoms with E-state index in [1.807, 2.05) is 6.07 Å². The number of carbonyl (C=O) groups excluding carboxylic acids is 1. The summed E-state index contributed by atoms with van der Waals surface area (Å²) < 4.78 is 25.5. The van der Waals surface area contributed by atoms with Crippen molar-refractivity contribution in [1.29, 1.82) is 5.26 Å². The van der Waals surface area contributed by atoms with E-state index >= 15 is 0 Å². The lowest BCUT2D eigenvalue weighted by atomic mass is 9.83. The molecule has 3 aromatic rings. The number of nitriles is 1. The molecule has 0 amide bonds. The number of nitrogens with two attached hydrogens (primary N) is 1. The highest BCUT2D eigenvalue weighted by Gasteiger charge is 2.32. The second-order valence-corrected chi connectivity index (χ2v) is 6.92. The maximum atomic E-state index is 14.5. The van der Waals surface area contributed by atoms with Gasteiger partial charge in [0.15, 0.2) is 0 Å². The molecule has 0 saturated carbocycles. The summed E-state index contributed by atoms with van der Waals surface area (Å²) in [6, 6.07) is 19.3. The van der Waals surface area contributed by atoms with Gasteiger partial charge in [-0.1, -0.05) is 48.0 Å². The number of ether oxygens (including phenoxy) is 2. The van der Waals surface area contributed by atoms with Crippen LogP contribution in [0.2, 0.25) is 5.02 Å². The van der Waals surface area contributed by atoms with Crippen LogP contribution in [0.1, 0.15) is 27.4 Å². The van der Waals surface area contributed by atoms with Crippen LogP contribution in [0.3, 0.4) is 0 Å². The largest absolute Gasteiger partial charge is 0.440 e. The fourth-order valence-corrected chi connectivity index (χ4v) is 3.53. The Hall–Kier alpha value is -3.82. The molecule has 1 atom stereocenters. The molecule has 1 aliphatic heterocycles. The van der Waals surface area contributed by atoms with Crippen LogP contribution < -0.4 is 15.2 Å². The van der Waals surface area contributed by atoms with E-state index in [2.05, 4.69) is 0 Å². The fraction of sp³-hybridized carbons (Fsp3) is 0.0435. The molecule has 2 N–H and O–H groups in total. The number of allylic oxidation sites excluding steroid dienone is 1. The lowest BCUT2D eigenvalue weighted by Gasteiger charge is -2.27. The molecule has 7 heteroatoms. The summed E-state index contributed by atoms with van der Waals surface area (Å²) in [6.07, 6.45) is 0. The van der Waals surface area contributed by atoms with Gasteiger partial charge in [-0.3, -0.25) is 0 Å². The quantitative estimate of drug-likeness (QED) is 0.480. The maximum absolute atomic E-state index is 14.5. The number of rotatable bonds is 3. The number of esters is 1. The van der Waals surface area contributed by atoms with Crippen LogP contribution in [-0.4, -0.2) is 5.97 Å². The van der Waals surface area contributed by atoms with E-state index in [1.165, 1.54) is 12.1 Å². The Morgan fingerprint density at radius 2 is 1.83 bits per heavy atom. The molecule has 0 aromatic heterocycles. The first-order chi connectivity index (χ1) is 14.5. The second kappa shape index (κ2) is 7.90. The fourth-order valence-electron chi connectivity index (χ4n) is 3.32. The van der Waals surface area contributed by atoms with Gasteiger partial charge >= 0.3 is 5.97 Å². The summed E-state index contributed by atoms with van der Waals surface area (Å²) in [6.45, 7) is 0. The number of fused-ring (bicyclic) bond motifs is 1. The molecule has 0 saturated heterocycles. The van der Waals surface area contributed by atoms with Crippen molar-refractivity contribution < 1.29 is 18.7 Å². The Labute approximate surface area is 176 Å². The molecule has 5 nitrogen and oxygen atoms in total. The normalized spacial score (nSPS) is 15.0. The molecule has 4 rings (SSSR count). The highest BCUT2D eigenvalue weighted by molar-refractivity contribution is 6.33. The van der Waals surface area contributed by atoms with Gasteiger partial charge in [-0.05, 0) is 24.3 Å². The first kappa shape index (κ1) is 19.5. The molecule has 0 fully saturated rings. The Balaban J connectivity index is 1.73. The Kier molecular flexibility index (Phi) is 5.13. The zero-order valence-electron chi connectivity index (χ0n) is 15.4. The molecule has 0 radical (unpaired) electrons. The van der Waals surface area contributed by atoms with Crippen molar-refractivity contribution in [3.8, 4) is 17.6 Å². The summed E-state index contributed by atoms with van der Waals surface area (Å²) in [7, 11) is 0. The van der Waals surface area contributed by atoms with Crippen molar-refractivity contribution in [2.45, 2.75) is 5.92 Å². The zero-order valence-corrected chi connectivity index (χ0v) is 16.2. The molecule has 30 heavy (non-hydrogen) atoms. The van der Waals surface area contributed by atoms with Crippen LogP contribution in [0.4, 0.5) is 4.39 Å². The summed E-state index contributed by atoms with van der Waals surface area (Å²) in [5, 5.41) is 9.83. The van der Waals surface area contributed by atoms with Crippen LogP contribution in [0.5, 0.6) is 11.5 Å². The number of carbonyl (C=O) groups is 1. The molecule has 0 bridgehead atoms. The molecule has 1 heterocycles. The van der Waals surface area contributed by atoms with Gasteiger partial charge in [-0.25, -0.2) is 9.18 Å². The van der Waals surface area contributed by atoms with Crippen LogP contribution in [0.15, 0.2) is 78.2 Å². The Bertz CT molecular complexity index is 1230. The minimum absolute atomic E-state index is 0.105. The highest BCUT2D eigenvalue weighted by atomic mass is 35.5. The molecule has 148 valence electrons. The van der Waals surface area contributed by atoms with Crippen molar-refractivity contribution >= 4 is 17.6 Å². The monoisotopic (exact) mass is 420 g/mol. The molecular weight excluding hydrogens is 407 g/mol. The molecular formula is C23H14ClFN2O3. The lowest BCUT2D eigenvalue weighted by Crippen LogP contribution is -2.21. The average molecular weight is 421 g/mol. The predicted molar refractivity (Wildman–Crippen MR) is 109 cm³/mol. The number of benzene rings is 3. The van der Waals surface area contributed by atoms with E-state index in [-0.39, 0.29) is 33.5 Å². The molecule has 0 spiro atoms. The number of halogens is 2. The van der Waals surface area contributed by atoms with Crippen molar-refractivity contribution in [2.24, 2.45) is 5.73 Å². The van der Waals surface area contributed by atoms with Crippen molar-refractivity contribution in [3.05, 3.63) is 106 Å². The Morgan fingerprint density at radius 3 is 2.57 bits per heavy atom. The summed E-state index contributed by atoms with van der Waals surface area (Å²) >= 11 is 6.04. The molecule has 1 unspecified atom stereocenters. The smallest absolute Gasteiger partial charge is 0.345 e. The first-order valence-electron chi connectivity index (χ1n) is 8.92. The zero-order chi connectivity index (χ0) is 21.3. The van der Waals surface area contributed by atoms with Gasteiger partial charge in [-0.15, -0.1) is 0 Å². The summed E-state index contributed by atoms with van der Waals surface area (Å²) in [4.78, 5) is 12.4. The van der Waals surface area contributed by atoms with Gasteiger partial charge in [0.1, 0.15) is 29.0 Å². The van der Waals surface area contributed by atoms with Gasteiger partial charge < -0.3 is 15.2 Å². The van der Waals surface area contributed by atoms with Gasteiger partial charge in [0, 0.05) is 17.2 Å². The van der Waals surface area contributed by atoms with Crippen molar-refractivity contribution in [3.63, 3.8) is 0 Å². The van der Waals surface area contributed by atoms with E-state index < -0.39 is 17.7 Å². The minimum atomic E-state index is -0.742. The van der Waals surface area contributed by atoms with Crippen LogP contribution in [0, 0.1) is 17.1 Å². The SMILES string of the molecule is N#CC1=C(N)Oc2cc(OC(=O)c3ccccc3Cl)ccc2C1c1ccccc1F. The first-order valence-corrected chi connectivity index (χ1v) is 9.30. The third kappa shape index (κ3) is 3.47. The van der Waals surface area contributed by atoms with Gasteiger partial charge in [0.2, 0.25) is 5.88 Å². The van der Waals surface area contributed by atoms with Crippen LogP contribution in [0.25, 0.3) is 0 Å². The lowest BCUT2D eigenvalue weighted by molar-refractivity contribution is 0.0734. The third-order valence-electron chi connectivity index (χ3n) is 4.71. The number of hydrogen-bond donors (Lipinski definition) is 1. The predicted octanol–water partition coefficient (Wildman–Crippen LogP) is 4.92. The van der Waals surface area contributed by atoms with E-state index in [0.29, 0.717) is 11.1 Å². The molecule has 3 aromatic carbocycles. The third-order valence-corrected chi connectivity index (χ3v) is 5.04. The van der Waals surface area contributed by atoms with Gasteiger partial charge in [-0.2, -0.15) is 5.26 Å². The van der Waals surface area contributed by atoms with E-state index in [9.17, 15) is 14.4 Å². The average Bonchev–Trinajstić information content (AvgIpc) is 2.73. The van der Waals surface area contributed by atoms with E-state index in [0.717, 1.165) is 0 Å². The minimum Gasteiger partial charge on any atom is -0.440 e. The van der Waals surface area contributed by atoms with Crippen molar-refractivity contribution in [2.75, 3.05) is 0 Å². The number of hydrogen-bond acceptors (Lipinski definition) is 5. The highest BCUT2D eigenvalue weighted by Crippen LogP contribution is 2.44. The number of nitrogens with zero attached hydrogens (tertiary/aromatic N) is 1. The molecule has 1 aliphatic rings. The molecule has 0 aliphatic carbocycles. The van der Waals surface area contributed by atoms with E-state index in [1.54, 1.807) is 54.6 Å². The van der Waals surface area contributed by atoms with Gasteiger partial charge in [0.25, 0.3) is 0 Å². The topological polar surface area (TPSA) is 85.3 Å². The summed E-state index contributed by atoms with van der Waals surface area (Å²) in [5.74, 6) is -1.52. The van der Waals surface area contributed by atoms with Crippen LogP contribution >= 0.6 is 11.6 Å². The van der Waals surface area contributed by atoms with E-state index in [4.69, 9.17) is 26.8 Å². The Morgan fingerprint density at radius 1 is 1.10 bits per heavy atom. The maximum Gasteiger partial charge on any atom is 0.345 e. The van der Waals surface area contributed by atoms with Gasteiger partial charge in [0.05, 0.1) is 16.5 Å². The second-order valence-electron chi connectivity index (χ2n) is 6.52.